The molecule has 0 radical (unpaired) electrons. The van der Waals surface area contributed by atoms with Crippen LogP contribution in [0.1, 0.15) is 89.8 Å². The van der Waals surface area contributed by atoms with Gasteiger partial charge in [0, 0.05) is 32.1 Å². The van der Waals surface area contributed by atoms with Crippen LogP contribution in [0.15, 0.2) is 40.4 Å². The number of aliphatic hydroxyl groups excluding tert-OH is 1. The highest BCUT2D eigenvalue weighted by Crippen LogP contribution is 2.33. The second kappa shape index (κ2) is 16.6. The Balaban J connectivity index is 1.12. The maximum absolute atomic E-state index is 14.0. The van der Waals surface area contributed by atoms with Crippen LogP contribution < -0.4 is 10.1 Å². The Morgan fingerprint density at radius 1 is 1.10 bits per heavy atom. The Labute approximate surface area is 303 Å². The Morgan fingerprint density at radius 2 is 1.80 bits per heavy atom. The van der Waals surface area contributed by atoms with Gasteiger partial charge < -0.3 is 39.0 Å². The first-order chi connectivity index (χ1) is 24.2. The summed E-state index contributed by atoms with van der Waals surface area (Å²) in [6.07, 6.45) is 0.423. The van der Waals surface area contributed by atoms with Gasteiger partial charge in [-0.3, -0.25) is 9.59 Å². The summed E-state index contributed by atoms with van der Waals surface area (Å²) in [6, 6.07) is 8.45. The fourth-order valence-electron chi connectivity index (χ4n) is 6.49. The fraction of sp³-hybridized carbons (Fsp3) is 0.595. The molecule has 2 aliphatic heterocycles. The van der Waals surface area contributed by atoms with Gasteiger partial charge in [-0.15, -0.1) is 11.3 Å². The molecule has 51 heavy (non-hydrogen) atoms. The third-order valence-electron chi connectivity index (χ3n) is 9.17. The predicted octanol–water partition coefficient (Wildman–Crippen LogP) is 5.48. The number of carbonyl (C=O) groups excluding carboxylic acids is 3. The number of amides is 3. The van der Waals surface area contributed by atoms with Crippen LogP contribution in [0.4, 0.5) is 4.79 Å². The van der Waals surface area contributed by atoms with Crippen molar-refractivity contribution < 1.29 is 38.2 Å². The molecule has 2 aliphatic rings. The monoisotopic (exact) mass is 725 g/mol. The van der Waals surface area contributed by atoms with Gasteiger partial charge in [0.25, 0.3) is 5.88 Å². The van der Waals surface area contributed by atoms with E-state index >= 15 is 0 Å². The van der Waals surface area contributed by atoms with Gasteiger partial charge in [0.1, 0.15) is 24.2 Å². The number of rotatable bonds is 12. The zero-order chi connectivity index (χ0) is 36.9. The molecule has 3 aromatic rings. The predicted molar refractivity (Wildman–Crippen MR) is 191 cm³/mol. The third kappa shape index (κ3) is 9.86. The van der Waals surface area contributed by atoms with Crippen LogP contribution in [0.25, 0.3) is 10.4 Å². The molecule has 3 amide bonds. The first-order valence-electron chi connectivity index (χ1n) is 17.7. The van der Waals surface area contributed by atoms with Crippen molar-refractivity contribution in [2.45, 2.75) is 104 Å². The third-order valence-corrected chi connectivity index (χ3v) is 10.1. The van der Waals surface area contributed by atoms with Gasteiger partial charge >= 0.3 is 6.09 Å². The van der Waals surface area contributed by atoms with E-state index in [9.17, 15) is 19.5 Å². The Bertz CT molecular complexity index is 1630. The van der Waals surface area contributed by atoms with Crippen LogP contribution in [-0.4, -0.2) is 99.7 Å². The largest absolute Gasteiger partial charge is 0.473 e. The van der Waals surface area contributed by atoms with Crippen LogP contribution in [0.5, 0.6) is 5.88 Å². The van der Waals surface area contributed by atoms with E-state index in [1.165, 1.54) is 4.90 Å². The van der Waals surface area contributed by atoms with Crippen molar-refractivity contribution in [2.75, 3.05) is 32.8 Å². The van der Waals surface area contributed by atoms with E-state index in [1.54, 1.807) is 22.3 Å². The topological polar surface area (TPSA) is 157 Å². The highest BCUT2D eigenvalue weighted by Gasteiger charge is 2.43. The zero-order valence-corrected chi connectivity index (χ0v) is 31.4. The van der Waals surface area contributed by atoms with Gasteiger partial charge in [-0.1, -0.05) is 38.1 Å². The lowest BCUT2D eigenvalue weighted by Gasteiger charge is -2.33. The molecule has 13 nitrogen and oxygen atoms in total. The molecule has 14 heteroatoms. The molecule has 0 saturated carbocycles. The number of β-amino-alcohol motifs (C(OH)–C–C–N with tert-alkyl or cyclic N) is 1. The molecular weight excluding hydrogens is 675 g/mol. The average Bonchev–Trinajstić information content (AvgIpc) is 3.82. The molecule has 4 atom stereocenters. The van der Waals surface area contributed by atoms with Crippen molar-refractivity contribution in [2.24, 2.45) is 5.92 Å². The van der Waals surface area contributed by atoms with Crippen molar-refractivity contribution in [3.63, 3.8) is 0 Å². The number of carbonyl (C=O) groups is 3. The van der Waals surface area contributed by atoms with Crippen molar-refractivity contribution >= 4 is 29.2 Å². The standard InChI is InChI=1S/C37H51N5O8S/c1-22(2)32(30-19-31(40-50-30)48-17-16-47-28-12-14-41(15-13-28)36(46)49-37(5,6)7)35(45)42-20-27(43)18-29(42)34(44)39-23(3)25-8-10-26(11-9-25)33-24(4)38-21-51-33/h8-11,19,21-23,27-29,32,43H,12-18,20H2,1-7H3,(H,39,44)/t23-,27+,29-,32?/m0/s1. The zero-order valence-electron chi connectivity index (χ0n) is 30.6. The number of likely N-dealkylation sites (tertiary alicyclic amines) is 2. The lowest BCUT2D eigenvalue weighted by molar-refractivity contribution is -0.141. The quantitative estimate of drug-likeness (QED) is 0.229. The molecule has 1 unspecified atom stereocenters. The van der Waals surface area contributed by atoms with Gasteiger partial charge in [0.2, 0.25) is 11.8 Å². The van der Waals surface area contributed by atoms with E-state index in [-0.39, 0.29) is 61.4 Å². The Kier molecular flexibility index (Phi) is 12.4. The number of benzene rings is 1. The number of nitrogens with one attached hydrogen (secondary N) is 1. The Hall–Kier alpha value is -4.01. The number of piperidine rings is 1. The smallest absolute Gasteiger partial charge is 0.410 e. The number of aryl methyl sites for hydroxylation is 1. The fourth-order valence-corrected chi connectivity index (χ4v) is 7.31. The summed E-state index contributed by atoms with van der Waals surface area (Å²) in [5, 5.41) is 17.7. The number of nitrogens with zero attached hydrogens (tertiary/aromatic N) is 4. The summed E-state index contributed by atoms with van der Waals surface area (Å²) in [6.45, 7) is 14.9. The first-order valence-corrected chi connectivity index (χ1v) is 18.6. The summed E-state index contributed by atoms with van der Waals surface area (Å²) in [4.78, 5) is 48.5. The molecule has 278 valence electrons. The molecule has 0 bridgehead atoms. The number of aliphatic hydroxyl groups is 1. The second-order valence-electron chi connectivity index (χ2n) is 14.7. The van der Waals surface area contributed by atoms with Crippen LogP contribution >= 0.6 is 11.3 Å². The maximum Gasteiger partial charge on any atom is 0.410 e. The summed E-state index contributed by atoms with van der Waals surface area (Å²) >= 11 is 1.59. The highest BCUT2D eigenvalue weighted by atomic mass is 32.1. The lowest BCUT2D eigenvalue weighted by Crippen LogP contribution is -2.48. The minimum absolute atomic E-state index is 0.00565. The minimum Gasteiger partial charge on any atom is -0.473 e. The van der Waals surface area contributed by atoms with Crippen molar-refractivity contribution in [3.05, 3.63) is 52.9 Å². The number of aromatic nitrogens is 2. The van der Waals surface area contributed by atoms with E-state index in [0.717, 1.165) is 21.7 Å². The van der Waals surface area contributed by atoms with Crippen molar-refractivity contribution in [3.8, 4) is 16.3 Å². The summed E-state index contributed by atoms with van der Waals surface area (Å²) in [5.74, 6) is -1.01. The number of hydrogen-bond donors (Lipinski definition) is 2. The average molecular weight is 726 g/mol. The summed E-state index contributed by atoms with van der Waals surface area (Å²) < 4.78 is 22.8. The van der Waals surface area contributed by atoms with E-state index < -0.39 is 23.7 Å². The number of hydrogen-bond acceptors (Lipinski definition) is 11. The maximum atomic E-state index is 14.0. The van der Waals surface area contributed by atoms with Crippen LogP contribution in [0, 0.1) is 12.8 Å². The second-order valence-corrected chi connectivity index (χ2v) is 15.5. The normalized spacial score (nSPS) is 19.6. The molecule has 2 aromatic heterocycles. The Morgan fingerprint density at radius 3 is 2.43 bits per heavy atom. The minimum atomic E-state index is -0.831. The molecule has 1 aromatic carbocycles. The first kappa shape index (κ1) is 38.2. The van der Waals surface area contributed by atoms with Crippen LogP contribution in [-0.2, 0) is 19.1 Å². The molecule has 0 spiro atoms. The van der Waals surface area contributed by atoms with Crippen molar-refractivity contribution in [1.29, 1.82) is 0 Å². The van der Waals surface area contributed by atoms with E-state index in [1.807, 2.05) is 78.2 Å². The van der Waals surface area contributed by atoms with Gasteiger partial charge in [-0.2, -0.15) is 0 Å². The number of thiazole rings is 1. The molecule has 2 N–H and O–H groups in total. The summed E-state index contributed by atoms with van der Waals surface area (Å²) in [5.41, 5.74) is 4.26. The van der Waals surface area contributed by atoms with Crippen LogP contribution in [0.3, 0.4) is 0 Å². The lowest BCUT2D eigenvalue weighted by atomic mass is 9.91. The summed E-state index contributed by atoms with van der Waals surface area (Å²) in [7, 11) is 0. The molecule has 2 fully saturated rings. The molecule has 0 aliphatic carbocycles. The van der Waals surface area contributed by atoms with E-state index in [4.69, 9.17) is 18.7 Å². The van der Waals surface area contributed by atoms with Gasteiger partial charge in [-0.25, -0.2) is 9.78 Å². The molecule has 4 heterocycles. The highest BCUT2D eigenvalue weighted by molar-refractivity contribution is 7.13. The van der Waals surface area contributed by atoms with Gasteiger partial charge in [-0.05, 0) is 69.7 Å². The molecule has 5 rings (SSSR count). The number of ether oxygens (including phenoxy) is 3. The van der Waals surface area contributed by atoms with Gasteiger partial charge in [0.05, 0.1) is 40.9 Å². The molecular formula is C37H51N5O8S. The van der Waals surface area contributed by atoms with Crippen molar-refractivity contribution in [1.82, 2.24) is 25.3 Å². The van der Waals surface area contributed by atoms with E-state index in [2.05, 4.69) is 15.5 Å². The van der Waals surface area contributed by atoms with Gasteiger partial charge in [0.15, 0.2) is 5.76 Å². The van der Waals surface area contributed by atoms with Crippen LogP contribution in [0.2, 0.25) is 0 Å². The van der Waals surface area contributed by atoms with E-state index in [0.29, 0.717) is 38.3 Å². The molecule has 2 saturated heterocycles. The SMILES string of the molecule is Cc1ncsc1-c1ccc([C@H](C)NC(=O)[C@@H]2C[C@@H](O)CN2C(=O)C(c2cc(OCCOC3CCN(C(=O)OC(C)(C)C)CC3)no2)C(C)C)cc1.